The van der Waals surface area contributed by atoms with Crippen LogP contribution in [0.25, 0.3) is 0 Å². The maximum absolute atomic E-state index is 13.8. The number of imide groups is 1. The Morgan fingerprint density at radius 1 is 1.37 bits per heavy atom. The lowest BCUT2D eigenvalue weighted by Crippen LogP contribution is -2.34. The molecule has 0 radical (unpaired) electrons. The summed E-state index contributed by atoms with van der Waals surface area (Å²) in [6.07, 6.45) is 1.69. The van der Waals surface area contributed by atoms with Gasteiger partial charge in [-0.05, 0) is 18.6 Å². The molecule has 11 heteroatoms. The number of nitrogens with two attached hydrogens (primary N) is 1. The summed E-state index contributed by atoms with van der Waals surface area (Å²) < 4.78 is 15.1. The van der Waals surface area contributed by atoms with Crippen molar-refractivity contribution >= 4 is 29.4 Å². The molecule has 1 atom stereocenters. The minimum absolute atomic E-state index is 0.00378. The minimum Gasteiger partial charge on any atom is -0.368 e. The lowest BCUT2D eigenvalue weighted by Gasteiger charge is -2.13. The van der Waals surface area contributed by atoms with E-state index in [1.807, 2.05) is 0 Å². The molecular formula is C16H16ClFN6O3. The van der Waals surface area contributed by atoms with Gasteiger partial charge in [-0.25, -0.2) is 13.9 Å². The van der Waals surface area contributed by atoms with Gasteiger partial charge in [0.1, 0.15) is 18.4 Å². The van der Waals surface area contributed by atoms with Crippen molar-refractivity contribution in [3.8, 4) is 0 Å². The number of amides is 4. The molecule has 0 aliphatic carbocycles. The Kier molecular flexibility index (Phi) is 5.36. The number of rotatable bonds is 7. The molecule has 3 N–H and O–H groups in total. The molecule has 3 rings (SSSR count). The summed E-state index contributed by atoms with van der Waals surface area (Å²) in [5, 5.41) is 10.4. The van der Waals surface area contributed by atoms with Crippen molar-refractivity contribution in [2.75, 3.05) is 6.54 Å². The number of hydrogen-bond acceptors (Lipinski definition) is 5. The van der Waals surface area contributed by atoms with Crippen LogP contribution in [0.15, 0.2) is 24.4 Å². The third kappa shape index (κ3) is 4.22. The van der Waals surface area contributed by atoms with Gasteiger partial charge in [-0.15, -0.1) is 5.10 Å². The summed E-state index contributed by atoms with van der Waals surface area (Å²) in [6, 6.07) is 2.92. The summed E-state index contributed by atoms with van der Waals surface area (Å²) in [5.74, 6) is -1.51. The second-order valence-electron chi connectivity index (χ2n) is 6.02. The molecule has 2 heterocycles. The van der Waals surface area contributed by atoms with Gasteiger partial charge >= 0.3 is 6.03 Å². The number of hydrogen-bond donors (Lipinski definition) is 2. The van der Waals surface area contributed by atoms with Gasteiger partial charge in [-0.2, -0.15) is 0 Å². The van der Waals surface area contributed by atoms with Crippen LogP contribution < -0.4 is 11.1 Å². The Hall–Kier alpha value is -3.01. The predicted octanol–water partition coefficient (Wildman–Crippen LogP) is 0.261. The SMILES string of the molecule is NC(=O)Cn1cc(CC2NC(=O)N(CCc3c(F)cccc3Cl)C2=O)nn1. The Bertz CT molecular complexity index is 882. The number of nitrogens with zero attached hydrogens (tertiary/aromatic N) is 4. The fraction of sp³-hybridized carbons (Fsp3) is 0.312. The Morgan fingerprint density at radius 3 is 2.85 bits per heavy atom. The molecule has 9 nitrogen and oxygen atoms in total. The van der Waals surface area contributed by atoms with E-state index in [1.165, 1.54) is 23.0 Å². The topological polar surface area (TPSA) is 123 Å². The average molecular weight is 395 g/mol. The highest BCUT2D eigenvalue weighted by atomic mass is 35.5. The fourth-order valence-corrected chi connectivity index (χ4v) is 3.06. The van der Waals surface area contributed by atoms with E-state index in [0.717, 1.165) is 4.90 Å². The first-order valence-electron chi connectivity index (χ1n) is 8.07. The molecule has 1 aromatic carbocycles. The second-order valence-corrected chi connectivity index (χ2v) is 6.43. The van der Waals surface area contributed by atoms with E-state index in [4.69, 9.17) is 17.3 Å². The molecule has 1 aromatic heterocycles. The average Bonchev–Trinajstić information content (AvgIpc) is 3.12. The van der Waals surface area contributed by atoms with Crippen molar-refractivity contribution in [3.05, 3.63) is 46.5 Å². The predicted molar refractivity (Wildman–Crippen MR) is 92.1 cm³/mol. The number of benzene rings is 1. The van der Waals surface area contributed by atoms with E-state index in [2.05, 4.69) is 15.6 Å². The molecule has 1 saturated heterocycles. The molecule has 27 heavy (non-hydrogen) atoms. The number of carbonyl (C=O) groups is 3. The molecule has 1 aliphatic rings. The van der Waals surface area contributed by atoms with E-state index >= 15 is 0 Å². The van der Waals surface area contributed by atoms with Crippen molar-refractivity contribution in [1.29, 1.82) is 0 Å². The quantitative estimate of drug-likeness (QED) is 0.652. The van der Waals surface area contributed by atoms with Crippen LogP contribution in [0.2, 0.25) is 5.02 Å². The number of primary amides is 1. The Balaban J connectivity index is 1.63. The zero-order valence-electron chi connectivity index (χ0n) is 14.1. The monoisotopic (exact) mass is 394 g/mol. The molecule has 1 fully saturated rings. The van der Waals surface area contributed by atoms with Crippen molar-refractivity contribution in [3.63, 3.8) is 0 Å². The highest BCUT2D eigenvalue weighted by Crippen LogP contribution is 2.20. The Labute approximate surface area is 158 Å². The van der Waals surface area contributed by atoms with Crippen LogP contribution in [-0.2, 0) is 29.0 Å². The molecular weight excluding hydrogens is 379 g/mol. The van der Waals surface area contributed by atoms with Crippen LogP contribution in [0.1, 0.15) is 11.3 Å². The number of halogens is 2. The van der Waals surface area contributed by atoms with Crippen LogP contribution in [0.5, 0.6) is 0 Å². The van der Waals surface area contributed by atoms with Gasteiger partial charge in [-0.3, -0.25) is 14.5 Å². The van der Waals surface area contributed by atoms with Crippen LogP contribution in [-0.4, -0.2) is 50.3 Å². The van der Waals surface area contributed by atoms with Crippen LogP contribution in [0.3, 0.4) is 0 Å². The zero-order chi connectivity index (χ0) is 19.6. The molecule has 1 aliphatic heterocycles. The first-order chi connectivity index (χ1) is 12.8. The van der Waals surface area contributed by atoms with Crippen molar-refractivity contribution < 1.29 is 18.8 Å². The van der Waals surface area contributed by atoms with Gasteiger partial charge in [0.25, 0.3) is 5.91 Å². The molecule has 0 spiro atoms. The molecule has 0 saturated carbocycles. The summed E-state index contributed by atoms with van der Waals surface area (Å²) >= 11 is 5.97. The van der Waals surface area contributed by atoms with Gasteiger partial charge in [0.05, 0.1) is 5.69 Å². The van der Waals surface area contributed by atoms with E-state index in [0.29, 0.717) is 5.69 Å². The van der Waals surface area contributed by atoms with Gasteiger partial charge in [-0.1, -0.05) is 22.9 Å². The van der Waals surface area contributed by atoms with Gasteiger partial charge in [0.15, 0.2) is 0 Å². The van der Waals surface area contributed by atoms with Gasteiger partial charge in [0, 0.05) is 29.7 Å². The maximum atomic E-state index is 13.8. The van der Waals surface area contributed by atoms with Gasteiger partial charge < -0.3 is 11.1 Å². The van der Waals surface area contributed by atoms with Crippen LogP contribution in [0.4, 0.5) is 9.18 Å². The summed E-state index contributed by atoms with van der Waals surface area (Å²) in [6.45, 7) is -0.135. The van der Waals surface area contributed by atoms with Gasteiger partial charge in [0.2, 0.25) is 5.91 Å². The van der Waals surface area contributed by atoms with Crippen molar-refractivity contribution in [1.82, 2.24) is 25.2 Å². The second kappa shape index (κ2) is 7.70. The lowest BCUT2D eigenvalue weighted by atomic mass is 10.1. The first kappa shape index (κ1) is 18.8. The van der Waals surface area contributed by atoms with Crippen LogP contribution in [0, 0.1) is 5.82 Å². The minimum atomic E-state index is -0.813. The standard InChI is InChI=1S/C16H16ClFN6O3/c17-11-2-1-3-12(18)10(11)4-5-24-15(26)13(20-16(24)27)6-9-7-23(22-21-9)8-14(19)25/h1-3,7,13H,4-6,8H2,(H2,19,25)(H,20,27). The largest absolute Gasteiger partial charge is 0.368 e. The van der Waals surface area contributed by atoms with Crippen molar-refractivity contribution in [2.24, 2.45) is 5.73 Å². The van der Waals surface area contributed by atoms with E-state index in [1.54, 1.807) is 6.07 Å². The summed E-state index contributed by atoms with van der Waals surface area (Å²) in [4.78, 5) is 36.5. The normalized spacial score (nSPS) is 16.7. The summed E-state index contributed by atoms with van der Waals surface area (Å²) in [5.41, 5.74) is 5.75. The van der Waals surface area contributed by atoms with E-state index < -0.39 is 29.7 Å². The highest BCUT2D eigenvalue weighted by molar-refractivity contribution is 6.31. The van der Waals surface area contributed by atoms with E-state index in [-0.39, 0.29) is 36.5 Å². The molecule has 2 aromatic rings. The molecule has 1 unspecified atom stereocenters. The Morgan fingerprint density at radius 2 is 2.15 bits per heavy atom. The number of carbonyl (C=O) groups excluding carboxylic acids is 3. The van der Waals surface area contributed by atoms with Crippen LogP contribution >= 0.6 is 11.6 Å². The lowest BCUT2D eigenvalue weighted by molar-refractivity contribution is -0.127. The van der Waals surface area contributed by atoms with Crippen molar-refractivity contribution in [2.45, 2.75) is 25.4 Å². The number of aromatic nitrogens is 3. The fourth-order valence-electron chi connectivity index (χ4n) is 2.80. The van der Waals surface area contributed by atoms with E-state index in [9.17, 15) is 18.8 Å². The number of nitrogens with one attached hydrogen (secondary N) is 1. The maximum Gasteiger partial charge on any atom is 0.324 e. The molecule has 4 amide bonds. The first-order valence-corrected chi connectivity index (χ1v) is 8.45. The number of urea groups is 1. The third-order valence-corrected chi connectivity index (χ3v) is 4.43. The smallest absolute Gasteiger partial charge is 0.324 e. The molecule has 142 valence electrons. The zero-order valence-corrected chi connectivity index (χ0v) is 14.8. The third-order valence-electron chi connectivity index (χ3n) is 4.07. The highest BCUT2D eigenvalue weighted by Gasteiger charge is 2.38. The summed E-state index contributed by atoms with van der Waals surface area (Å²) in [7, 11) is 0. The molecule has 0 bridgehead atoms.